The molecule has 0 aliphatic rings. The maximum Gasteiger partial charge on any atom is 0.335 e. The van der Waals surface area contributed by atoms with Crippen LogP contribution in [0.1, 0.15) is 10.4 Å². The third-order valence-electron chi connectivity index (χ3n) is 2.16. The highest BCUT2D eigenvalue weighted by Crippen LogP contribution is 2.34. The number of carbonyl (C=O) groups is 1. The van der Waals surface area contributed by atoms with Crippen LogP contribution >= 0.6 is 35.0 Å². The number of rotatable bonds is 3. The normalized spacial score (nSPS) is 10.5. The summed E-state index contributed by atoms with van der Waals surface area (Å²) in [5.41, 5.74) is -0.00557. The number of hydrogen-bond donors (Lipinski definition) is 1. The van der Waals surface area contributed by atoms with Gasteiger partial charge in [0.15, 0.2) is 0 Å². The van der Waals surface area contributed by atoms with Crippen molar-refractivity contribution in [3.63, 3.8) is 0 Å². The molecule has 0 spiro atoms. The van der Waals surface area contributed by atoms with Crippen LogP contribution in [0.4, 0.5) is 4.39 Å². The molecule has 2 aromatic rings. The SMILES string of the molecule is O=C(O)c1ccc(F)c(Sc2ncc(Cl)cc2Cl)c1. The Balaban J connectivity index is 2.37. The molecule has 0 fully saturated rings. The quantitative estimate of drug-likeness (QED) is 0.912. The number of nitrogens with zero attached hydrogens (tertiary/aromatic N) is 1. The molecule has 0 unspecified atom stereocenters. The maximum atomic E-state index is 13.6. The van der Waals surface area contributed by atoms with Crippen LogP contribution in [-0.2, 0) is 0 Å². The van der Waals surface area contributed by atoms with E-state index < -0.39 is 11.8 Å². The van der Waals surface area contributed by atoms with Crippen molar-refractivity contribution < 1.29 is 14.3 Å². The molecule has 0 atom stereocenters. The van der Waals surface area contributed by atoms with Gasteiger partial charge in [0, 0.05) is 6.20 Å². The minimum atomic E-state index is -1.13. The lowest BCUT2D eigenvalue weighted by atomic mass is 10.2. The van der Waals surface area contributed by atoms with Crippen LogP contribution < -0.4 is 0 Å². The molecule has 1 aromatic heterocycles. The number of hydrogen-bond acceptors (Lipinski definition) is 3. The van der Waals surface area contributed by atoms with Gasteiger partial charge in [-0.3, -0.25) is 0 Å². The van der Waals surface area contributed by atoms with E-state index in [-0.39, 0.29) is 15.5 Å². The van der Waals surface area contributed by atoms with Crippen LogP contribution in [0, 0.1) is 5.82 Å². The molecule has 0 saturated heterocycles. The largest absolute Gasteiger partial charge is 0.478 e. The third-order valence-corrected chi connectivity index (χ3v) is 3.82. The van der Waals surface area contributed by atoms with E-state index in [2.05, 4.69) is 4.98 Å². The standard InChI is InChI=1S/C12H6Cl2FNO2S/c13-7-4-8(14)11(16-5-7)19-10-3-6(12(17)18)1-2-9(10)15/h1-5H,(H,17,18). The topological polar surface area (TPSA) is 50.2 Å². The second-order valence-electron chi connectivity index (χ2n) is 3.49. The Morgan fingerprint density at radius 3 is 2.68 bits per heavy atom. The number of aromatic nitrogens is 1. The molecule has 0 aliphatic heterocycles. The van der Waals surface area contributed by atoms with Gasteiger partial charge in [-0.05, 0) is 24.3 Å². The first-order chi connectivity index (χ1) is 8.97. The van der Waals surface area contributed by atoms with E-state index in [1.54, 1.807) is 0 Å². The Morgan fingerprint density at radius 2 is 2.05 bits per heavy atom. The van der Waals surface area contributed by atoms with Gasteiger partial charge in [-0.1, -0.05) is 35.0 Å². The van der Waals surface area contributed by atoms with Crippen LogP contribution in [0.25, 0.3) is 0 Å². The molecule has 19 heavy (non-hydrogen) atoms. The molecule has 0 amide bonds. The van der Waals surface area contributed by atoms with Gasteiger partial charge < -0.3 is 5.11 Å². The van der Waals surface area contributed by atoms with Crippen molar-refractivity contribution in [2.45, 2.75) is 9.92 Å². The van der Waals surface area contributed by atoms with Gasteiger partial charge in [-0.25, -0.2) is 14.2 Å². The molecular formula is C12H6Cl2FNO2S. The summed E-state index contributed by atoms with van der Waals surface area (Å²) in [5.74, 6) is -1.67. The molecule has 3 nitrogen and oxygen atoms in total. The highest BCUT2D eigenvalue weighted by Gasteiger charge is 2.12. The average Bonchev–Trinajstić information content (AvgIpc) is 2.34. The van der Waals surface area contributed by atoms with Gasteiger partial charge in [0.1, 0.15) is 10.8 Å². The van der Waals surface area contributed by atoms with E-state index in [1.165, 1.54) is 24.4 Å². The second kappa shape index (κ2) is 5.77. The number of benzene rings is 1. The Kier molecular flexibility index (Phi) is 4.29. The Bertz CT molecular complexity index is 652. The Hall–Kier alpha value is -1.30. The van der Waals surface area contributed by atoms with Crippen molar-refractivity contribution in [1.29, 1.82) is 0 Å². The fraction of sp³-hybridized carbons (Fsp3) is 0. The van der Waals surface area contributed by atoms with Crippen LogP contribution in [0.3, 0.4) is 0 Å². The molecule has 1 heterocycles. The van der Waals surface area contributed by atoms with Crippen LogP contribution in [0.5, 0.6) is 0 Å². The van der Waals surface area contributed by atoms with E-state index in [9.17, 15) is 9.18 Å². The van der Waals surface area contributed by atoms with Crippen molar-refractivity contribution in [3.8, 4) is 0 Å². The van der Waals surface area contributed by atoms with Crippen molar-refractivity contribution in [2.75, 3.05) is 0 Å². The first kappa shape index (κ1) is 14.1. The number of halogens is 3. The Labute approximate surface area is 122 Å². The van der Waals surface area contributed by atoms with Gasteiger partial charge >= 0.3 is 5.97 Å². The predicted octanol–water partition coefficient (Wildman–Crippen LogP) is 4.38. The van der Waals surface area contributed by atoms with Crippen molar-refractivity contribution in [3.05, 3.63) is 51.9 Å². The highest BCUT2D eigenvalue weighted by atomic mass is 35.5. The van der Waals surface area contributed by atoms with Gasteiger partial charge in [-0.15, -0.1) is 0 Å². The minimum absolute atomic E-state index is 0.00557. The highest BCUT2D eigenvalue weighted by molar-refractivity contribution is 7.99. The Morgan fingerprint density at radius 1 is 1.32 bits per heavy atom. The van der Waals surface area contributed by atoms with Gasteiger partial charge in [-0.2, -0.15) is 0 Å². The molecule has 0 radical (unpaired) electrons. The summed E-state index contributed by atoms with van der Waals surface area (Å²) in [6, 6.07) is 5.00. The fourth-order valence-corrected chi connectivity index (χ4v) is 2.61. The van der Waals surface area contributed by atoms with Crippen molar-refractivity contribution in [2.24, 2.45) is 0 Å². The van der Waals surface area contributed by atoms with Crippen LogP contribution in [0.2, 0.25) is 10.0 Å². The molecule has 0 aliphatic carbocycles. The average molecular weight is 318 g/mol. The first-order valence-electron chi connectivity index (χ1n) is 4.99. The lowest BCUT2D eigenvalue weighted by Gasteiger charge is -2.05. The minimum Gasteiger partial charge on any atom is -0.478 e. The fourth-order valence-electron chi connectivity index (χ4n) is 1.30. The zero-order valence-electron chi connectivity index (χ0n) is 9.23. The summed E-state index contributed by atoms with van der Waals surface area (Å²) in [4.78, 5) is 14.9. The lowest BCUT2D eigenvalue weighted by molar-refractivity contribution is 0.0696. The molecule has 1 N–H and O–H groups in total. The zero-order valence-corrected chi connectivity index (χ0v) is 11.6. The van der Waals surface area contributed by atoms with E-state index in [1.807, 2.05) is 0 Å². The van der Waals surface area contributed by atoms with E-state index in [0.717, 1.165) is 17.8 Å². The monoisotopic (exact) mass is 317 g/mol. The molecule has 0 saturated carbocycles. The van der Waals surface area contributed by atoms with Gasteiger partial charge in [0.2, 0.25) is 0 Å². The summed E-state index contributed by atoms with van der Waals surface area (Å²) in [6.07, 6.45) is 1.38. The van der Waals surface area contributed by atoms with Crippen LogP contribution in [0.15, 0.2) is 40.4 Å². The third kappa shape index (κ3) is 3.37. The molecule has 98 valence electrons. The van der Waals surface area contributed by atoms with Crippen molar-refractivity contribution in [1.82, 2.24) is 4.98 Å². The number of pyridine rings is 1. The van der Waals surface area contributed by atoms with E-state index in [0.29, 0.717) is 10.0 Å². The molecule has 1 aromatic carbocycles. The summed E-state index contributed by atoms with van der Waals surface area (Å²) in [7, 11) is 0. The smallest absolute Gasteiger partial charge is 0.335 e. The summed E-state index contributed by atoms with van der Waals surface area (Å²) in [5, 5.41) is 9.87. The van der Waals surface area contributed by atoms with Gasteiger partial charge in [0.25, 0.3) is 0 Å². The van der Waals surface area contributed by atoms with Gasteiger partial charge in [0.05, 0.1) is 20.5 Å². The number of carboxylic acids is 1. The summed E-state index contributed by atoms with van der Waals surface area (Å²) < 4.78 is 13.6. The molecule has 7 heteroatoms. The molecular weight excluding hydrogens is 312 g/mol. The van der Waals surface area contributed by atoms with Crippen LogP contribution in [-0.4, -0.2) is 16.1 Å². The summed E-state index contributed by atoms with van der Waals surface area (Å²) in [6.45, 7) is 0. The maximum absolute atomic E-state index is 13.6. The first-order valence-corrected chi connectivity index (χ1v) is 6.56. The van der Waals surface area contributed by atoms with Crippen molar-refractivity contribution >= 4 is 40.9 Å². The molecule has 2 rings (SSSR count). The number of aromatic carboxylic acids is 1. The lowest BCUT2D eigenvalue weighted by Crippen LogP contribution is -1.97. The zero-order chi connectivity index (χ0) is 14.0. The van der Waals surface area contributed by atoms with E-state index in [4.69, 9.17) is 28.3 Å². The predicted molar refractivity (Wildman–Crippen MR) is 71.7 cm³/mol. The number of carboxylic acid groups (broad SMARTS) is 1. The molecule has 0 bridgehead atoms. The van der Waals surface area contributed by atoms with E-state index >= 15 is 0 Å². The summed E-state index contributed by atoms with van der Waals surface area (Å²) >= 11 is 12.6. The second-order valence-corrected chi connectivity index (χ2v) is 5.37.